The molecule has 0 unspecified atom stereocenters. The van der Waals surface area contributed by atoms with E-state index in [0.717, 1.165) is 0 Å². The minimum Gasteiger partial charge on any atom is -0.354 e. The Morgan fingerprint density at radius 3 is 2.07 bits per heavy atom. The van der Waals surface area contributed by atoms with Crippen LogP contribution in [0.1, 0.15) is 102 Å². The molecule has 0 saturated carbocycles. The lowest BCUT2D eigenvalue weighted by molar-refractivity contribution is 0.606. The van der Waals surface area contributed by atoms with Gasteiger partial charge in [-0.05, 0) is 55.0 Å². The van der Waals surface area contributed by atoms with Gasteiger partial charge in [0.1, 0.15) is 0 Å². The quantitative estimate of drug-likeness (QED) is 0.259. The number of hydrogen-bond donors (Lipinski definition) is 1. The van der Waals surface area contributed by atoms with Crippen molar-refractivity contribution in [3.05, 3.63) is 47.5 Å². The fourth-order valence-electron chi connectivity index (χ4n) is 4.37. The van der Waals surface area contributed by atoms with Crippen LogP contribution in [-0.2, 0) is 12.8 Å². The fourth-order valence-corrected chi connectivity index (χ4v) is 5.56. The minimum absolute atomic E-state index is 1.21. The van der Waals surface area contributed by atoms with Crippen LogP contribution in [-0.4, -0.2) is 0 Å². The molecule has 164 valence electrons. The lowest BCUT2D eigenvalue weighted by atomic mass is 10.0. The van der Waals surface area contributed by atoms with E-state index in [1.165, 1.54) is 122 Å². The molecule has 0 saturated heterocycles. The summed E-state index contributed by atoms with van der Waals surface area (Å²) in [5, 5.41) is 3.70. The topological polar surface area (TPSA) is 12.0 Å². The van der Waals surface area contributed by atoms with Crippen molar-refractivity contribution in [3.63, 3.8) is 0 Å². The van der Waals surface area contributed by atoms with Gasteiger partial charge in [-0.25, -0.2) is 0 Å². The van der Waals surface area contributed by atoms with Gasteiger partial charge in [0.15, 0.2) is 0 Å². The number of unbranched alkanes of at least 4 members (excludes halogenated alkanes) is 10. The average Bonchev–Trinajstić information content (AvgIpc) is 2.77. The molecule has 1 nitrogen and oxygen atoms in total. The summed E-state index contributed by atoms with van der Waals surface area (Å²) in [4.78, 5) is 2.86. The molecule has 0 aromatic heterocycles. The van der Waals surface area contributed by atoms with Crippen LogP contribution < -0.4 is 5.32 Å². The zero-order chi connectivity index (χ0) is 21.0. The summed E-state index contributed by atoms with van der Waals surface area (Å²) in [6.07, 6.45) is 18.8. The Hall–Kier alpha value is -1.41. The van der Waals surface area contributed by atoms with Crippen molar-refractivity contribution >= 4 is 23.1 Å². The highest BCUT2D eigenvalue weighted by Crippen LogP contribution is 2.46. The van der Waals surface area contributed by atoms with Crippen molar-refractivity contribution in [1.82, 2.24) is 0 Å². The average molecular weight is 424 g/mol. The minimum atomic E-state index is 1.21. The molecule has 2 aromatic carbocycles. The predicted octanol–water partition coefficient (Wildman–Crippen LogP) is 9.70. The van der Waals surface area contributed by atoms with Gasteiger partial charge in [0.05, 0.1) is 11.4 Å². The van der Waals surface area contributed by atoms with Crippen molar-refractivity contribution in [3.8, 4) is 0 Å². The molecule has 3 rings (SSSR count). The standard InChI is InChI=1S/C28H41NS/c1-3-5-7-9-11-13-16-23-20-21-25-27(22-23)30-28-24(18-15-19-26(28)29-25)17-14-12-10-8-6-4-2/h15,18-22,29H,3-14,16-17H2,1-2H3. The molecule has 1 heterocycles. The van der Waals surface area contributed by atoms with E-state index in [1.54, 1.807) is 0 Å². The highest BCUT2D eigenvalue weighted by molar-refractivity contribution is 7.99. The Balaban J connectivity index is 1.54. The third-order valence-electron chi connectivity index (χ3n) is 6.24. The van der Waals surface area contributed by atoms with Gasteiger partial charge in [-0.3, -0.25) is 0 Å². The molecule has 1 aliphatic heterocycles. The van der Waals surface area contributed by atoms with Crippen LogP contribution in [0, 0.1) is 0 Å². The van der Waals surface area contributed by atoms with Crippen molar-refractivity contribution in [1.29, 1.82) is 0 Å². The number of benzene rings is 2. The van der Waals surface area contributed by atoms with Crippen LogP contribution in [0.4, 0.5) is 11.4 Å². The molecule has 0 radical (unpaired) electrons. The van der Waals surface area contributed by atoms with Crippen molar-refractivity contribution in [2.75, 3.05) is 5.32 Å². The second kappa shape index (κ2) is 13.1. The lowest BCUT2D eigenvalue weighted by Gasteiger charge is -2.24. The van der Waals surface area contributed by atoms with Crippen LogP contribution in [0.5, 0.6) is 0 Å². The Morgan fingerprint density at radius 1 is 0.667 bits per heavy atom. The highest BCUT2D eigenvalue weighted by atomic mass is 32.2. The summed E-state index contributed by atoms with van der Waals surface area (Å²) >= 11 is 1.98. The van der Waals surface area contributed by atoms with Gasteiger partial charge < -0.3 is 5.32 Å². The van der Waals surface area contributed by atoms with Crippen LogP contribution in [0.15, 0.2) is 46.2 Å². The Labute approximate surface area is 189 Å². The van der Waals surface area contributed by atoms with Crippen LogP contribution in [0.2, 0.25) is 0 Å². The van der Waals surface area contributed by atoms with Crippen LogP contribution in [0.3, 0.4) is 0 Å². The number of anilines is 2. The number of rotatable bonds is 14. The van der Waals surface area contributed by atoms with E-state index in [1.807, 2.05) is 11.8 Å². The van der Waals surface area contributed by atoms with Gasteiger partial charge >= 0.3 is 0 Å². The first-order valence-corrected chi connectivity index (χ1v) is 13.3. The molecular weight excluding hydrogens is 382 g/mol. The normalized spacial score (nSPS) is 12.3. The number of aryl methyl sites for hydroxylation is 2. The van der Waals surface area contributed by atoms with Gasteiger partial charge in [0.2, 0.25) is 0 Å². The van der Waals surface area contributed by atoms with E-state index in [2.05, 4.69) is 55.6 Å². The maximum Gasteiger partial charge on any atom is 0.0529 e. The summed E-state index contributed by atoms with van der Waals surface area (Å²) < 4.78 is 0. The molecule has 0 amide bonds. The first kappa shape index (κ1) is 23.3. The molecular formula is C28H41NS. The van der Waals surface area contributed by atoms with Crippen molar-refractivity contribution in [2.45, 2.75) is 114 Å². The Morgan fingerprint density at radius 2 is 1.33 bits per heavy atom. The van der Waals surface area contributed by atoms with E-state index in [-0.39, 0.29) is 0 Å². The number of hydrogen-bond acceptors (Lipinski definition) is 2. The Bertz CT molecular complexity index is 767. The van der Waals surface area contributed by atoms with Crippen LogP contribution >= 0.6 is 11.8 Å². The molecule has 2 aromatic rings. The molecule has 1 aliphatic rings. The first-order valence-electron chi connectivity index (χ1n) is 12.5. The van der Waals surface area contributed by atoms with Gasteiger partial charge in [-0.15, -0.1) is 0 Å². The molecule has 0 aliphatic carbocycles. The summed E-state index contributed by atoms with van der Waals surface area (Å²) in [6.45, 7) is 4.58. The largest absolute Gasteiger partial charge is 0.354 e. The maximum atomic E-state index is 3.70. The van der Waals surface area contributed by atoms with E-state index in [0.29, 0.717) is 0 Å². The zero-order valence-corrected chi connectivity index (χ0v) is 20.1. The molecule has 30 heavy (non-hydrogen) atoms. The van der Waals surface area contributed by atoms with Crippen molar-refractivity contribution in [2.24, 2.45) is 0 Å². The van der Waals surface area contributed by atoms with E-state index < -0.39 is 0 Å². The summed E-state index contributed by atoms with van der Waals surface area (Å²) in [7, 11) is 0. The molecule has 0 bridgehead atoms. The van der Waals surface area contributed by atoms with Crippen molar-refractivity contribution < 1.29 is 0 Å². The SMILES string of the molecule is CCCCCCCCc1ccc2c(c1)Sc1c(CCCCCCCC)cccc1N2. The van der Waals surface area contributed by atoms with E-state index in [9.17, 15) is 0 Å². The summed E-state index contributed by atoms with van der Waals surface area (Å²) in [5.74, 6) is 0. The summed E-state index contributed by atoms with van der Waals surface area (Å²) in [6, 6.07) is 13.8. The third kappa shape index (κ3) is 7.08. The monoisotopic (exact) mass is 423 g/mol. The number of nitrogens with one attached hydrogen (secondary N) is 1. The van der Waals surface area contributed by atoms with Gasteiger partial charge in [-0.2, -0.15) is 0 Å². The summed E-state index contributed by atoms with van der Waals surface area (Å²) in [5.41, 5.74) is 5.58. The fraction of sp³-hybridized carbons (Fsp3) is 0.571. The molecule has 2 heteroatoms. The molecule has 0 fully saturated rings. The zero-order valence-electron chi connectivity index (χ0n) is 19.3. The smallest absolute Gasteiger partial charge is 0.0529 e. The second-order valence-electron chi connectivity index (χ2n) is 8.89. The molecule has 1 N–H and O–H groups in total. The van der Waals surface area contributed by atoms with E-state index >= 15 is 0 Å². The Kier molecular flexibility index (Phi) is 10.2. The third-order valence-corrected chi connectivity index (χ3v) is 7.49. The molecule has 0 atom stereocenters. The molecule has 0 spiro atoms. The van der Waals surface area contributed by atoms with Crippen LogP contribution in [0.25, 0.3) is 0 Å². The highest BCUT2D eigenvalue weighted by Gasteiger charge is 2.18. The van der Waals surface area contributed by atoms with E-state index in [4.69, 9.17) is 0 Å². The number of fused-ring (bicyclic) bond motifs is 2. The lowest BCUT2D eigenvalue weighted by Crippen LogP contribution is -2.03. The van der Waals surface area contributed by atoms with Gasteiger partial charge in [0, 0.05) is 9.79 Å². The van der Waals surface area contributed by atoms with Gasteiger partial charge in [0.25, 0.3) is 0 Å². The first-order chi connectivity index (χ1) is 14.8. The van der Waals surface area contributed by atoms with Gasteiger partial charge in [-0.1, -0.05) is 108 Å². The maximum absolute atomic E-state index is 3.70. The second-order valence-corrected chi connectivity index (χ2v) is 9.94. The predicted molar refractivity (Wildman–Crippen MR) is 134 cm³/mol.